The minimum absolute atomic E-state index is 0. The molecule has 1 unspecified atom stereocenters. The van der Waals surface area contributed by atoms with Gasteiger partial charge in [-0.25, -0.2) is 0 Å². The van der Waals surface area contributed by atoms with E-state index < -0.39 is 0 Å². The molecule has 4 rings (SSSR count). The largest absolute Gasteiger partial charge is 0.314 e. The number of aromatic nitrogens is 2. The molecule has 0 spiro atoms. The van der Waals surface area contributed by atoms with E-state index >= 15 is 0 Å². The van der Waals surface area contributed by atoms with Crippen molar-refractivity contribution in [3.63, 3.8) is 0 Å². The molecule has 3 heterocycles. The zero-order valence-corrected chi connectivity index (χ0v) is 17.3. The molecule has 0 aliphatic carbocycles. The lowest BCUT2D eigenvalue weighted by molar-refractivity contribution is 0.170. The smallest absolute Gasteiger partial charge is 0.0662 e. The number of piperazine rings is 1. The van der Waals surface area contributed by atoms with Gasteiger partial charge in [0.25, 0.3) is 0 Å². The van der Waals surface area contributed by atoms with Crippen LogP contribution < -0.4 is 5.32 Å². The van der Waals surface area contributed by atoms with Crippen molar-refractivity contribution in [2.24, 2.45) is 0 Å². The van der Waals surface area contributed by atoms with Crippen LogP contribution in [0.5, 0.6) is 0 Å². The molecule has 2 aliphatic heterocycles. The molecule has 1 aromatic heterocycles. The first-order valence-electron chi connectivity index (χ1n) is 9.94. The molecule has 0 radical (unpaired) electrons. The van der Waals surface area contributed by atoms with E-state index in [2.05, 4.69) is 64.0 Å². The maximum absolute atomic E-state index is 4.83. The van der Waals surface area contributed by atoms with Crippen LogP contribution in [0.1, 0.15) is 28.9 Å². The Morgan fingerprint density at radius 1 is 1.04 bits per heavy atom. The monoisotopic (exact) mass is 389 g/mol. The third kappa shape index (κ3) is 4.72. The molecule has 2 saturated heterocycles. The van der Waals surface area contributed by atoms with Crippen LogP contribution in [0.4, 0.5) is 0 Å². The number of nitrogens with zero attached hydrogens (tertiary/aromatic N) is 4. The van der Waals surface area contributed by atoms with Gasteiger partial charge in [-0.15, -0.1) is 12.4 Å². The molecular weight excluding hydrogens is 358 g/mol. The van der Waals surface area contributed by atoms with E-state index in [0.717, 1.165) is 32.2 Å². The SMILES string of the molecule is Cc1nn(Cc2ccccc2)c(C)c1CN1CCC(N2CCNCC2)C1.Cl. The lowest BCUT2D eigenvalue weighted by Gasteiger charge is -2.32. The van der Waals surface area contributed by atoms with Crippen LogP contribution in [0, 0.1) is 13.8 Å². The Hall–Kier alpha value is -1.40. The molecule has 0 bridgehead atoms. The summed E-state index contributed by atoms with van der Waals surface area (Å²) in [5, 5.41) is 8.29. The van der Waals surface area contributed by atoms with Crippen LogP contribution in [0.15, 0.2) is 30.3 Å². The summed E-state index contributed by atoms with van der Waals surface area (Å²) in [4.78, 5) is 5.30. The van der Waals surface area contributed by atoms with Crippen molar-refractivity contribution < 1.29 is 0 Å². The first kappa shape index (κ1) is 20.3. The molecule has 0 amide bonds. The fourth-order valence-corrected chi connectivity index (χ4v) is 4.40. The fourth-order valence-electron chi connectivity index (χ4n) is 4.40. The van der Waals surface area contributed by atoms with Gasteiger partial charge >= 0.3 is 0 Å². The summed E-state index contributed by atoms with van der Waals surface area (Å²) in [5.41, 5.74) is 5.23. The number of rotatable bonds is 5. The number of likely N-dealkylation sites (tertiary alicyclic amines) is 1. The minimum atomic E-state index is 0. The predicted octanol–water partition coefficient (Wildman–Crippen LogP) is 2.45. The summed E-state index contributed by atoms with van der Waals surface area (Å²) in [6.07, 6.45) is 1.30. The molecule has 27 heavy (non-hydrogen) atoms. The third-order valence-corrected chi connectivity index (χ3v) is 6.00. The van der Waals surface area contributed by atoms with Crippen molar-refractivity contribution in [1.82, 2.24) is 24.9 Å². The molecule has 1 atom stereocenters. The Morgan fingerprint density at radius 2 is 1.78 bits per heavy atom. The normalized spacial score (nSPS) is 21.3. The van der Waals surface area contributed by atoms with Crippen LogP contribution in [0.25, 0.3) is 0 Å². The van der Waals surface area contributed by atoms with E-state index in [9.17, 15) is 0 Å². The number of hydrogen-bond donors (Lipinski definition) is 1. The van der Waals surface area contributed by atoms with Gasteiger partial charge in [-0.2, -0.15) is 5.10 Å². The van der Waals surface area contributed by atoms with Gasteiger partial charge in [0.2, 0.25) is 0 Å². The zero-order valence-electron chi connectivity index (χ0n) is 16.5. The van der Waals surface area contributed by atoms with Crippen molar-refractivity contribution in [2.75, 3.05) is 39.3 Å². The maximum Gasteiger partial charge on any atom is 0.0662 e. The first-order valence-corrected chi connectivity index (χ1v) is 9.94. The van der Waals surface area contributed by atoms with Crippen LogP contribution >= 0.6 is 12.4 Å². The van der Waals surface area contributed by atoms with E-state index in [-0.39, 0.29) is 12.4 Å². The fraction of sp³-hybridized carbons (Fsp3) is 0.571. The van der Waals surface area contributed by atoms with Gasteiger partial charge in [0.15, 0.2) is 0 Å². The summed E-state index contributed by atoms with van der Waals surface area (Å²) in [6, 6.07) is 11.4. The van der Waals surface area contributed by atoms with Crippen molar-refractivity contribution in [1.29, 1.82) is 0 Å². The number of hydrogen-bond acceptors (Lipinski definition) is 4. The number of nitrogens with one attached hydrogen (secondary N) is 1. The number of aryl methyl sites for hydroxylation is 1. The Bertz CT molecular complexity index is 724. The van der Waals surface area contributed by atoms with Gasteiger partial charge in [-0.3, -0.25) is 14.5 Å². The lowest BCUT2D eigenvalue weighted by Crippen LogP contribution is -2.49. The average molecular weight is 390 g/mol. The molecule has 5 nitrogen and oxygen atoms in total. The Kier molecular flexibility index (Phi) is 6.93. The molecular formula is C21H32ClN5. The van der Waals surface area contributed by atoms with Gasteiger partial charge in [0, 0.05) is 63.1 Å². The highest BCUT2D eigenvalue weighted by Crippen LogP contribution is 2.22. The topological polar surface area (TPSA) is 36.3 Å². The highest BCUT2D eigenvalue weighted by Gasteiger charge is 2.29. The first-order chi connectivity index (χ1) is 12.7. The van der Waals surface area contributed by atoms with Gasteiger partial charge in [0.05, 0.1) is 12.2 Å². The van der Waals surface area contributed by atoms with Gasteiger partial charge in [0.1, 0.15) is 0 Å². The molecule has 6 heteroatoms. The second-order valence-electron chi connectivity index (χ2n) is 7.76. The quantitative estimate of drug-likeness (QED) is 0.852. The molecule has 0 saturated carbocycles. The summed E-state index contributed by atoms with van der Waals surface area (Å²) >= 11 is 0. The van der Waals surface area contributed by atoms with Gasteiger partial charge < -0.3 is 5.32 Å². The molecule has 1 N–H and O–H groups in total. The van der Waals surface area contributed by atoms with E-state index in [1.54, 1.807) is 0 Å². The van der Waals surface area contributed by atoms with Gasteiger partial charge in [-0.1, -0.05) is 30.3 Å². The van der Waals surface area contributed by atoms with Crippen molar-refractivity contribution in [3.05, 3.63) is 52.8 Å². The highest BCUT2D eigenvalue weighted by molar-refractivity contribution is 5.85. The second-order valence-corrected chi connectivity index (χ2v) is 7.76. The van der Waals surface area contributed by atoms with E-state index in [4.69, 9.17) is 5.10 Å². The van der Waals surface area contributed by atoms with Crippen LogP contribution in [0.2, 0.25) is 0 Å². The zero-order chi connectivity index (χ0) is 17.9. The van der Waals surface area contributed by atoms with Crippen LogP contribution in [-0.4, -0.2) is 64.9 Å². The van der Waals surface area contributed by atoms with Gasteiger partial charge in [-0.05, 0) is 25.8 Å². The van der Waals surface area contributed by atoms with Crippen molar-refractivity contribution in [2.45, 2.75) is 39.4 Å². The summed E-state index contributed by atoms with van der Waals surface area (Å²) in [5.74, 6) is 0. The van der Waals surface area contributed by atoms with E-state index in [0.29, 0.717) is 0 Å². The van der Waals surface area contributed by atoms with Crippen molar-refractivity contribution >= 4 is 12.4 Å². The predicted molar refractivity (Wildman–Crippen MR) is 113 cm³/mol. The Morgan fingerprint density at radius 3 is 2.52 bits per heavy atom. The van der Waals surface area contributed by atoms with E-state index in [1.807, 2.05) is 0 Å². The second kappa shape index (κ2) is 9.20. The molecule has 2 aromatic rings. The Labute approximate surface area is 169 Å². The van der Waals surface area contributed by atoms with Crippen molar-refractivity contribution in [3.8, 4) is 0 Å². The Balaban J connectivity index is 0.00000210. The standard InChI is InChI=1S/C21H31N5.ClH/c1-17-21(18(2)26(23-17)14-19-6-4-3-5-7-19)16-24-11-8-20(15-24)25-12-9-22-10-13-25;/h3-7,20,22H,8-16H2,1-2H3;1H. The highest BCUT2D eigenvalue weighted by atomic mass is 35.5. The van der Waals surface area contributed by atoms with E-state index in [1.165, 1.54) is 55.1 Å². The lowest BCUT2D eigenvalue weighted by atomic mass is 10.1. The molecule has 2 aliphatic rings. The summed E-state index contributed by atoms with van der Waals surface area (Å²) < 4.78 is 2.17. The maximum atomic E-state index is 4.83. The average Bonchev–Trinajstić information content (AvgIpc) is 3.24. The third-order valence-electron chi connectivity index (χ3n) is 6.00. The number of benzene rings is 1. The molecule has 148 valence electrons. The minimum Gasteiger partial charge on any atom is -0.314 e. The number of halogens is 1. The molecule has 2 fully saturated rings. The summed E-state index contributed by atoms with van der Waals surface area (Å²) in [6.45, 7) is 13.4. The molecule has 1 aromatic carbocycles. The van der Waals surface area contributed by atoms with Crippen LogP contribution in [-0.2, 0) is 13.1 Å². The van der Waals surface area contributed by atoms with Crippen LogP contribution in [0.3, 0.4) is 0 Å². The summed E-state index contributed by atoms with van der Waals surface area (Å²) in [7, 11) is 0.